The Balaban J connectivity index is 2.38. The number of hydrogen-bond donors (Lipinski definition) is 1. The monoisotopic (exact) mass is 256 g/mol. The molecular formula is C15H32N2O. The minimum atomic E-state index is 0.314. The largest absolute Gasteiger partial charge is 0.383 e. The standard InChI is InChI=1S/C15H32N2O/c1-12(2)14(11-18-6)16-13-7-9-17(10-8-13)15(3,4)5/h12-14,16H,7-11H2,1-6H3. The lowest BCUT2D eigenvalue weighted by Gasteiger charge is -2.42. The highest BCUT2D eigenvalue weighted by Gasteiger charge is 2.28. The zero-order valence-electron chi connectivity index (χ0n) is 13.1. The molecule has 3 nitrogen and oxygen atoms in total. The molecular weight excluding hydrogens is 224 g/mol. The molecule has 0 bridgehead atoms. The summed E-state index contributed by atoms with van der Waals surface area (Å²) in [5.74, 6) is 0.630. The highest BCUT2D eigenvalue weighted by molar-refractivity contribution is 4.86. The molecule has 0 radical (unpaired) electrons. The summed E-state index contributed by atoms with van der Waals surface area (Å²) >= 11 is 0. The van der Waals surface area contributed by atoms with Crippen LogP contribution in [0.2, 0.25) is 0 Å². The normalized spacial score (nSPS) is 21.5. The fraction of sp³-hybridized carbons (Fsp3) is 1.00. The van der Waals surface area contributed by atoms with Crippen LogP contribution < -0.4 is 5.32 Å². The Hall–Kier alpha value is -0.120. The topological polar surface area (TPSA) is 24.5 Å². The average Bonchev–Trinajstić information content (AvgIpc) is 2.28. The lowest BCUT2D eigenvalue weighted by molar-refractivity contribution is 0.0821. The van der Waals surface area contributed by atoms with Gasteiger partial charge >= 0.3 is 0 Å². The number of piperidine rings is 1. The van der Waals surface area contributed by atoms with E-state index in [4.69, 9.17) is 4.74 Å². The molecule has 0 spiro atoms. The predicted molar refractivity (Wildman–Crippen MR) is 78.0 cm³/mol. The summed E-state index contributed by atoms with van der Waals surface area (Å²) in [6, 6.07) is 1.15. The first-order valence-electron chi connectivity index (χ1n) is 7.34. The molecule has 1 fully saturated rings. The minimum Gasteiger partial charge on any atom is -0.383 e. The Morgan fingerprint density at radius 2 is 1.78 bits per heavy atom. The number of rotatable bonds is 5. The van der Waals surface area contributed by atoms with Crippen molar-refractivity contribution in [3.8, 4) is 0 Å². The SMILES string of the molecule is COCC(NC1CCN(C(C)(C)C)CC1)C(C)C. The van der Waals surface area contributed by atoms with Crippen LogP contribution in [0.4, 0.5) is 0 Å². The number of ether oxygens (including phenoxy) is 1. The molecule has 1 atom stereocenters. The molecule has 1 unspecified atom stereocenters. The molecule has 108 valence electrons. The van der Waals surface area contributed by atoms with E-state index in [1.165, 1.54) is 25.9 Å². The maximum absolute atomic E-state index is 5.31. The van der Waals surface area contributed by atoms with Crippen molar-refractivity contribution in [2.45, 2.75) is 65.1 Å². The average molecular weight is 256 g/mol. The van der Waals surface area contributed by atoms with Crippen LogP contribution in [0.25, 0.3) is 0 Å². The van der Waals surface area contributed by atoms with Gasteiger partial charge in [0, 0.05) is 37.8 Å². The Bertz CT molecular complexity index is 227. The van der Waals surface area contributed by atoms with Gasteiger partial charge in [0.15, 0.2) is 0 Å². The molecule has 3 heteroatoms. The molecule has 0 amide bonds. The van der Waals surface area contributed by atoms with Crippen LogP contribution in [0.15, 0.2) is 0 Å². The first kappa shape index (κ1) is 15.9. The van der Waals surface area contributed by atoms with Gasteiger partial charge in [-0.1, -0.05) is 13.8 Å². The lowest BCUT2D eigenvalue weighted by atomic mass is 9.96. The van der Waals surface area contributed by atoms with E-state index in [1.807, 2.05) is 0 Å². The smallest absolute Gasteiger partial charge is 0.0618 e. The minimum absolute atomic E-state index is 0.314. The Morgan fingerprint density at radius 1 is 1.22 bits per heavy atom. The second kappa shape index (κ2) is 6.88. The van der Waals surface area contributed by atoms with Gasteiger partial charge in [-0.15, -0.1) is 0 Å². The van der Waals surface area contributed by atoms with Crippen molar-refractivity contribution in [3.63, 3.8) is 0 Å². The summed E-state index contributed by atoms with van der Waals surface area (Å²) in [7, 11) is 1.79. The van der Waals surface area contributed by atoms with Crippen molar-refractivity contribution in [1.82, 2.24) is 10.2 Å². The van der Waals surface area contributed by atoms with Gasteiger partial charge < -0.3 is 10.1 Å². The van der Waals surface area contributed by atoms with Gasteiger partial charge in [0.2, 0.25) is 0 Å². The number of hydrogen-bond acceptors (Lipinski definition) is 3. The fourth-order valence-corrected chi connectivity index (χ4v) is 2.63. The Kier molecular flexibility index (Phi) is 6.09. The highest BCUT2D eigenvalue weighted by Crippen LogP contribution is 2.20. The summed E-state index contributed by atoms with van der Waals surface area (Å²) in [6.07, 6.45) is 2.51. The Morgan fingerprint density at radius 3 is 2.17 bits per heavy atom. The van der Waals surface area contributed by atoms with Crippen molar-refractivity contribution in [2.24, 2.45) is 5.92 Å². The second-order valence-electron chi connectivity index (χ2n) is 6.90. The van der Waals surface area contributed by atoms with Gasteiger partial charge in [-0.25, -0.2) is 0 Å². The van der Waals surface area contributed by atoms with Crippen LogP contribution in [0.1, 0.15) is 47.5 Å². The molecule has 0 aromatic carbocycles. The van der Waals surface area contributed by atoms with Crippen LogP contribution in [-0.2, 0) is 4.74 Å². The van der Waals surface area contributed by atoms with Gasteiger partial charge in [-0.3, -0.25) is 4.90 Å². The molecule has 18 heavy (non-hydrogen) atoms. The number of nitrogens with one attached hydrogen (secondary N) is 1. The van der Waals surface area contributed by atoms with E-state index in [-0.39, 0.29) is 0 Å². The van der Waals surface area contributed by atoms with Crippen molar-refractivity contribution in [2.75, 3.05) is 26.8 Å². The lowest BCUT2D eigenvalue weighted by Crippen LogP contribution is -2.53. The van der Waals surface area contributed by atoms with Gasteiger partial charge in [0.1, 0.15) is 0 Å². The maximum Gasteiger partial charge on any atom is 0.0618 e. The fourth-order valence-electron chi connectivity index (χ4n) is 2.63. The summed E-state index contributed by atoms with van der Waals surface area (Å²) in [6.45, 7) is 14.7. The van der Waals surface area contributed by atoms with E-state index in [9.17, 15) is 0 Å². The van der Waals surface area contributed by atoms with E-state index < -0.39 is 0 Å². The molecule has 1 heterocycles. The predicted octanol–water partition coefficient (Wildman–Crippen LogP) is 2.51. The summed E-state index contributed by atoms with van der Waals surface area (Å²) in [4.78, 5) is 2.59. The zero-order valence-corrected chi connectivity index (χ0v) is 13.1. The molecule has 1 saturated heterocycles. The van der Waals surface area contributed by atoms with E-state index in [1.54, 1.807) is 7.11 Å². The van der Waals surface area contributed by atoms with Crippen molar-refractivity contribution >= 4 is 0 Å². The number of methoxy groups -OCH3 is 1. The van der Waals surface area contributed by atoms with Crippen LogP contribution in [0, 0.1) is 5.92 Å². The molecule has 1 aliphatic heterocycles. The van der Waals surface area contributed by atoms with E-state index in [0.717, 1.165) is 6.61 Å². The van der Waals surface area contributed by atoms with Crippen molar-refractivity contribution in [3.05, 3.63) is 0 Å². The second-order valence-corrected chi connectivity index (χ2v) is 6.90. The molecule has 0 aromatic heterocycles. The maximum atomic E-state index is 5.31. The number of likely N-dealkylation sites (tertiary alicyclic amines) is 1. The summed E-state index contributed by atoms with van der Waals surface area (Å²) in [5.41, 5.74) is 0.314. The third-order valence-corrected chi connectivity index (χ3v) is 4.04. The number of nitrogens with zero attached hydrogens (tertiary/aromatic N) is 1. The first-order valence-corrected chi connectivity index (χ1v) is 7.34. The van der Waals surface area contributed by atoms with Gasteiger partial charge in [-0.2, -0.15) is 0 Å². The van der Waals surface area contributed by atoms with E-state index in [2.05, 4.69) is 44.8 Å². The van der Waals surface area contributed by atoms with Crippen LogP contribution >= 0.6 is 0 Å². The van der Waals surface area contributed by atoms with E-state index >= 15 is 0 Å². The summed E-state index contributed by atoms with van der Waals surface area (Å²) in [5, 5.41) is 3.78. The summed E-state index contributed by atoms with van der Waals surface area (Å²) < 4.78 is 5.31. The van der Waals surface area contributed by atoms with Crippen LogP contribution in [0.5, 0.6) is 0 Å². The Labute approximate surface area is 113 Å². The van der Waals surface area contributed by atoms with Crippen molar-refractivity contribution < 1.29 is 4.74 Å². The zero-order chi connectivity index (χ0) is 13.8. The quantitative estimate of drug-likeness (QED) is 0.818. The molecule has 0 saturated carbocycles. The first-order chi connectivity index (χ1) is 8.34. The van der Waals surface area contributed by atoms with Crippen molar-refractivity contribution in [1.29, 1.82) is 0 Å². The molecule has 1 aliphatic rings. The molecule has 1 rings (SSSR count). The van der Waals surface area contributed by atoms with E-state index in [0.29, 0.717) is 23.5 Å². The third-order valence-electron chi connectivity index (χ3n) is 4.04. The van der Waals surface area contributed by atoms with Gasteiger partial charge in [0.25, 0.3) is 0 Å². The molecule has 0 aliphatic carbocycles. The molecule has 1 N–H and O–H groups in total. The highest BCUT2D eigenvalue weighted by atomic mass is 16.5. The van der Waals surface area contributed by atoms with Gasteiger partial charge in [-0.05, 0) is 39.5 Å². The molecule has 0 aromatic rings. The van der Waals surface area contributed by atoms with Crippen LogP contribution in [-0.4, -0.2) is 49.3 Å². The third kappa shape index (κ3) is 4.87. The van der Waals surface area contributed by atoms with Gasteiger partial charge in [0.05, 0.1) is 6.61 Å². The van der Waals surface area contributed by atoms with Crippen LogP contribution in [0.3, 0.4) is 0 Å².